The lowest BCUT2D eigenvalue weighted by Gasteiger charge is -2.21. The molecule has 5 nitrogen and oxygen atoms in total. The van der Waals surface area contributed by atoms with Crippen LogP contribution in [0.2, 0.25) is 0 Å². The van der Waals surface area contributed by atoms with Crippen LogP contribution < -0.4 is 4.90 Å². The Morgan fingerprint density at radius 2 is 1.62 bits per heavy atom. The molecule has 0 atom stereocenters. The maximum absolute atomic E-state index is 13.1. The Morgan fingerprint density at radius 1 is 0.931 bits per heavy atom. The van der Waals surface area contributed by atoms with Gasteiger partial charge in [0.1, 0.15) is 17.5 Å². The quantitative estimate of drug-likeness (QED) is 0.652. The molecule has 1 aliphatic heterocycles. The van der Waals surface area contributed by atoms with E-state index >= 15 is 0 Å². The fourth-order valence-corrected chi connectivity index (χ4v) is 4.05. The average Bonchev–Trinajstić information content (AvgIpc) is 3.04. The Labute approximate surface area is 171 Å². The maximum atomic E-state index is 13.1. The largest absolute Gasteiger partial charge is 0.345 e. The minimum Gasteiger partial charge on any atom is -0.345 e. The molecule has 1 saturated heterocycles. The van der Waals surface area contributed by atoms with Crippen molar-refractivity contribution in [3.05, 3.63) is 77.1 Å². The molecule has 1 fully saturated rings. The van der Waals surface area contributed by atoms with Gasteiger partial charge in [-0.15, -0.1) is 0 Å². The van der Waals surface area contributed by atoms with Crippen molar-refractivity contribution in [1.29, 1.82) is 0 Å². The van der Waals surface area contributed by atoms with E-state index in [2.05, 4.69) is 14.3 Å². The monoisotopic (exact) mass is 414 g/mol. The molecule has 0 aliphatic carbocycles. The van der Waals surface area contributed by atoms with Gasteiger partial charge in [-0.1, -0.05) is 12.1 Å². The molecule has 0 saturated carbocycles. The minimum atomic E-state index is -0.351. The molecule has 4 rings (SSSR count). The molecule has 8 heteroatoms. The average molecular weight is 414 g/mol. The molecule has 1 amide bonds. The first kappa shape index (κ1) is 19.4. The van der Waals surface area contributed by atoms with E-state index in [0.717, 1.165) is 23.7 Å². The second kappa shape index (κ2) is 8.65. The third-order valence-electron chi connectivity index (χ3n) is 4.88. The first-order chi connectivity index (χ1) is 14.1. The topological polar surface area (TPSA) is 49.3 Å². The Bertz CT molecular complexity index is 975. The van der Waals surface area contributed by atoms with Gasteiger partial charge in [0.15, 0.2) is 0 Å². The van der Waals surface area contributed by atoms with Crippen molar-refractivity contribution in [2.24, 2.45) is 0 Å². The van der Waals surface area contributed by atoms with Gasteiger partial charge in [-0.25, -0.2) is 13.8 Å². The molecular formula is C21H20F2N4OS. The standard InChI is InChI=1S/C21H20F2N4OS/c22-17-6-2-15(3-7-17)14-19-24-21(29-25-19)27-11-1-10-26(12-13-27)20(28)16-4-8-18(23)9-5-16/h2-9H,1,10-14H2. The smallest absolute Gasteiger partial charge is 0.253 e. The highest BCUT2D eigenvalue weighted by Gasteiger charge is 2.22. The Morgan fingerprint density at radius 3 is 2.34 bits per heavy atom. The number of nitrogens with zero attached hydrogens (tertiary/aromatic N) is 4. The van der Waals surface area contributed by atoms with E-state index in [4.69, 9.17) is 0 Å². The van der Waals surface area contributed by atoms with Gasteiger partial charge in [0.2, 0.25) is 5.13 Å². The van der Waals surface area contributed by atoms with Crippen molar-refractivity contribution in [2.75, 3.05) is 31.1 Å². The van der Waals surface area contributed by atoms with Crippen LogP contribution in [0, 0.1) is 11.6 Å². The molecule has 0 N–H and O–H groups in total. The second-order valence-corrected chi connectivity index (χ2v) is 7.67. The van der Waals surface area contributed by atoms with Gasteiger partial charge in [-0.05, 0) is 48.4 Å². The third-order valence-corrected chi connectivity index (χ3v) is 5.69. The van der Waals surface area contributed by atoms with Gasteiger partial charge in [0, 0.05) is 49.7 Å². The highest BCUT2D eigenvalue weighted by molar-refractivity contribution is 7.09. The van der Waals surface area contributed by atoms with Crippen LogP contribution in [0.1, 0.15) is 28.2 Å². The van der Waals surface area contributed by atoms with Gasteiger partial charge in [-0.3, -0.25) is 4.79 Å². The maximum Gasteiger partial charge on any atom is 0.253 e. The van der Waals surface area contributed by atoms with Crippen molar-refractivity contribution in [3.63, 3.8) is 0 Å². The van der Waals surface area contributed by atoms with Crippen LogP contribution in [0.15, 0.2) is 48.5 Å². The summed E-state index contributed by atoms with van der Waals surface area (Å²) in [6, 6.07) is 12.0. The predicted molar refractivity (Wildman–Crippen MR) is 108 cm³/mol. The summed E-state index contributed by atoms with van der Waals surface area (Å²) in [5.41, 5.74) is 1.46. The summed E-state index contributed by atoms with van der Waals surface area (Å²) in [4.78, 5) is 21.2. The van der Waals surface area contributed by atoms with Gasteiger partial charge in [0.25, 0.3) is 5.91 Å². The molecule has 1 aliphatic rings. The lowest BCUT2D eigenvalue weighted by atomic mass is 10.1. The molecular weight excluding hydrogens is 394 g/mol. The van der Waals surface area contributed by atoms with Crippen molar-refractivity contribution in [3.8, 4) is 0 Å². The summed E-state index contributed by atoms with van der Waals surface area (Å²) in [5.74, 6) is 0.0162. The van der Waals surface area contributed by atoms with E-state index in [0.29, 0.717) is 37.4 Å². The summed E-state index contributed by atoms with van der Waals surface area (Å²) in [7, 11) is 0. The van der Waals surface area contributed by atoms with Gasteiger partial charge >= 0.3 is 0 Å². The van der Waals surface area contributed by atoms with Crippen LogP contribution in [0.5, 0.6) is 0 Å². The van der Waals surface area contributed by atoms with Crippen LogP contribution in [0.3, 0.4) is 0 Å². The molecule has 0 spiro atoms. The van der Waals surface area contributed by atoms with E-state index in [-0.39, 0.29) is 17.5 Å². The Hall–Kier alpha value is -2.87. The number of carbonyl (C=O) groups excluding carboxylic acids is 1. The second-order valence-electron chi connectivity index (χ2n) is 6.94. The van der Waals surface area contributed by atoms with Crippen LogP contribution >= 0.6 is 11.5 Å². The lowest BCUT2D eigenvalue weighted by Crippen LogP contribution is -2.35. The summed E-state index contributed by atoms with van der Waals surface area (Å²) < 4.78 is 30.6. The van der Waals surface area contributed by atoms with Gasteiger partial charge in [0.05, 0.1) is 0 Å². The van der Waals surface area contributed by atoms with Crippen molar-refractivity contribution in [1.82, 2.24) is 14.3 Å². The molecule has 0 bridgehead atoms. The third kappa shape index (κ3) is 4.76. The number of carbonyl (C=O) groups is 1. The van der Waals surface area contributed by atoms with Gasteiger partial charge < -0.3 is 9.80 Å². The molecule has 2 aromatic carbocycles. The Balaban J connectivity index is 1.38. The summed E-state index contributed by atoms with van der Waals surface area (Å²) in [6.07, 6.45) is 1.37. The SMILES string of the molecule is O=C(c1ccc(F)cc1)N1CCCN(c2nc(Cc3ccc(F)cc3)ns2)CC1. The Kier molecular flexibility index (Phi) is 5.80. The number of hydrogen-bond acceptors (Lipinski definition) is 5. The zero-order chi connectivity index (χ0) is 20.2. The molecule has 150 valence electrons. The molecule has 0 radical (unpaired) electrons. The fourth-order valence-electron chi connectivity index (χ4n) is 3.32. The number of amides is 1. The van der Waals surface area contributed by atoms with E-state index in [1.807, 2.05) is 0 Å². The molecule has 1 aromatic heterocycles. The van der Waals surface area contributed by atoms with Crippen LogP contribution in [-0.2, 0) is 6.42 Å². The molecule has 29 heavy (non-hydrogen) atoms. The zero-order valence-electron chi connectivity index (χ0n) is 15.7. The molecule has 0 unspecified atom stereocenters. The van der Waals surface area contributed by atoms with E-state index in [1.165, 1.54) is 47.9 Å². The predicted octanol–water partition coefficient (Wildman–Crippen LogP) is 3.76. The fraction of sp³-hybridized carbons (Fsp3) is 0.286. The van der Waals surface area contributed by atoms with Crippen LogP contribution in [0.25, 0.3) is 0 Å². The number of aromatic nitrogens is 2. The normalized spacial score (nSPS) is 14.7. The van der Waals surface area contributed by atoms with Crippen LogP contribution in [0.4, 0.5) is 13.9 Å². The summed E-state index contributed by atoms with van der Waals surface area (Å²) in [6.45, 7) is 2.67. The summed E-state index contributed by atoms with van der Waals surface area (Å²) >= 11 is 1.34. The van der Waals surface area contributed by atoms with Crippen molar-refractivity contribution in [2.45, 2.75) is 12.8 Å². The first-order valence-electron chi connectivity index (χ1n) is 9.45. The number of rotatable bonds is 4. The van der Waals surface area contributed by atoms with E-state index in [1.54, 1.807) is 17.0 Å². The number of halogens is 2. The summed E-state index contributed by atoms with van der Waals surface area (Å²) in [5, 5.41) is 0.832. The minimum absolute atomic E-state index is 0.0823. The van der Waals surface area contributed by atoms with Crippen LogP contribution in [-0.4, -0.2) is 46.3 Å². The highest BCUT2D eigenvalue weighted by Crippen LogP contribution is 2.21. The number of anilines is 1. The number of benzene rings is 2. The molecule has 3 aromatic rings. The van der Waals surface area contributed by atoms with E-state index in [9.17, 15) is 13.6 Å². The lowest BCUT2D eigenvalue weighted by molar-refractivity contribution is 0.0767. The van der Waals surface area contributed by atoms with Gasteiger partial charge in [-0.2, -0.15) is 4.37 Å². The number of hydrogen-bond donors (Lipinski definition) is 0. The zero-order valence-corrected chi connectivity index (χ0v) is 16.5. The van der Waals surface area contributed by atoms with E-state index < -0.39 is 0 Å². The van der Waals surface area contributed by atoms with Crippen molar-refractivity contribution < 1.29 is 13.6 Å². The highest BCUT2D eigenvalue weighted by atomic mass is 32.1. The van der Waals surface area contributed by atoms with Crippen molar-refractivity contribution >= 4 is 22.6 Å². The molecule has 2 heterocycles. The first-order valence-corrected chi connectivity index (χ1v) is 10.2.